The van der Waals surface area contributed by atoms with Gasteiger partial charge in [-0.1, -0.05) is 6.92 Å². The Balaban J connectivity index is 2.66. The second-order valence-corrected chi connectivity index (χ2v) is 3.97. The Morgan fingerprint density at radius 3 is 2.94 bits per heavy atom. The number of nitrogens with two attached hydrogens (primary N) is 1. The molecule has 1 aliphatic heterocycles. The summed E-state index contributed by atoms with van der Waals surface area (Å²) in [6, 6.07) is 0. The number of amides is 1. The third-order valence-corrected chi connectivity index (χ3v) is 2.86. The minimum absolute atomic E-state index is 0.0368. The molecule has 7 heteroatoms. The molecule has 1 aromatic heterocycles. The number of nitrogens with zero attached hydrogens (tertiary/aromatic N) is 3. The second kappa shape index (κ2) is 3.58. The van der Waals surface area contributed by atoms with E-state index < -0.39 is 10.8 Å². The molecule has 0 aliphatic carbocycles. The summed E-state index contributed by atoms with van der Waals surface area (Å²) >= 11 is 0. The van der Waals surface area contributed by atoms with Gasteiger partial charge in [-0.15, -0.1) is 0 Å². The number of hydrogen-bond donors (Lipinski definition) is 1. The highest BCUT2D eigenvalue weighted by Gasteiger charge is 2.34. The molecule has 0 saturated carbocycles. The van der Waals surface area contributed by atoms with Crippen molar-refractivity contribution in [2.24, 2.45) is 5.73 Å². The van der Waals surface area contributed by atoms with Crippen LogP contribution in [0.3, 0.4) is 0 Å². The normalized spacial score (nSPS) is 19.2. The molecule has 0 radical (unpaired) electrons. The predicted molar refractivity (Wildman–Crippen MR) is 55.0 cm³/mol. The van der Waals surface area contributed by atoms with Gasteiger partial charge in [0.2, 0.25) is 5.69 Å². The molecule has 0 spiro atoms. The fourth-order valence-electron chi connectivity index (χ4n) is 2.15. The molecule has 1 unspecified atom stereocenters. The van der Waals surface area contributed by atoms with Crippen LogP contribution in [0.4, 0.5) is 5.69 Å². The highest BCUT2D eigenvalue weighted by atomic mass is 16.6. The van der Waals surface area contributed by atoms with Gasteiger partial charge in [0.25, 0.3) is 5.91 Å². The topological polar surface area (TPSA) is 104 Å². The number of hydrogen-bond acceptors (Lipinski definition) is 4. The highest BCUT2D eigenvalue weighted by Crippen LogP contribution is 2.35. The molecule has 1 atom stereocenters. The molecular formula is C9H12N4O3. The number of nitro groups is 1. The molecule has 2 rings (SSSR count). The van der Waals surface area contributed by atoms with Gasteiger partial charge in [-0.25, -0.2) is 0 Å². The van der Waals surface area contributed by atoms with Crippen molar-refractivity contribution in [2.45, 2.75) is 32.2 Å². The summed E-state index contributed by atoms with van der Waals surface area (Å²) in [4.78, 5) is 21.5. The lowest BCUT2D eigenvalue weighted by atomic mass is 9.97. The Bertz CT molecular complexity index is 466. The maximum Gasteiger partial charge on any atom is 0.323 e. The number of carbonyl (C=O) groups is 1. The molecule has 1 aromatic rings. The van der Waals surface area contributed by atoms with Crippen LogP contribution >= 0.6 is 0 Å². The van der Waals surface area contributed by atoms with Gasteiger partial charge in [-0.05, 0) is 12.8 Å². The third-order valence-electron chi connectivity index (χ3n) is 2.86. The summed E-state index contributed by atoms with van der Waals surface area (Å²) in [7, 11) is 0. The molecule has 0 fully saturated rings. The molecule has 2 N–H and O–H groups in total. The Hall–Kier alpha value is -1.92. The number of rotatable bonds is 2. The Kier molecular flexibility index (Phi) is 2.37. The average Bonchev–Trinajstić information content (AvgIpc) is 2.58. The monoisotopic (exact) mass is 224 g/mol. The summed E-state index contributed by atoms with van der Waals surface area (Å²) < 4.78 is 1.53. The zero-order chi connectivity index (χ0) is 11.9. The van der Waals surface area contributed by atoms with E-state index in [1.807, 2.05) is 6.92 Å². The zero-order valence-electron chi connectivity index (χ0n) is 8.84. The van der Waals surface area contributed by atoms with E-state index in [2.05, 4.69) is 5.10 Å². The lowest BCUT2D eigenvalue weighted by Crippen LogP contribution is -2.15. The average molecular weight is 224 g/mol. The van der Waals surface area contributed by atoms with Crippen LogP contribution in [0.25, 0.3) is 0 Å². The van der Waals surface area contributed by atoms with Crippen LogP contribution in [-0.4, -0.2) is 20.6 Å². The first-order valence-corrected chi connectivity index (χ1v) is 5.07. The van der Waals surface area contributed by atoms with E-state index in [0.717, 1.165) is 12.8 Å². The zero-order valence-corrected chi connectivity index (χ0v) is 8.84. The first kappa shape index (κ1) is 10.6. The quantitative estimate of drug-likeness (QED) is 0.592. The highest BCUT2D eigenvalue weighted by molar-refractivity contribution is 5.95. The van der Waals surface area contributed by atoms with Crippen molar-refractivity contribution in [3.8, 4) is 0 Å². The smallest absolute Gasteiger partial charge is 0.323 e. The van der Waals surface area contributed by atoms with Crippen LogP contribution in [-0.2, 0) is 6.54 Å². The van der Waals surface area contributed by atoms with Crippen LogP contribution < -0.4 is 5.73 Å². The molecule has 0 bridgehead atoms. The van der Waals surface area contributed by atoms with E-state index in [0.29, 0.717) is 12.2 Å². The second-order valence-electron chi connectivity index (χ2n) is 3.97. The minimum Gasteiger partial charge on any atom is -0.364 e. The van der Waals surface area contributed by atoms with Crippen LogP contribution in [0.5, 0.6) is 0 Å². The summed E-state index contributed by atoms with van der Waals surface area (Å²) in [6.45, 7) is 2.50. The van der Waals surface area contributed by atoms with Crippen LogP contribution in [0.15, 0.2) is 0 Å². The van der Waals surface area contributed by atoms with Crippen molar-refractivity contribution >= 4 is 11.6 Å². The summed E-state index contributed by atoms with van der Waals surface area (Å²) in [5, 5.41) is 14.9. The van der Waals surface area contributed by atoms with Crippen LogP contribution in [0, 0.1) is 10.1 Å². The van der Waals surface area contributed by atoms with Gasteiger partial charge in [-0.2, -0.15) is 5.10 Å². The minimum atomic E-state index is -0.846. The van der Waals surface area contributed by atoms with Crippen molar-refractivity contribution in [1.29, 1.82) is 0 Å². The maximum absolute atomic E-state index is 11.1. The standard InChI is InChI=1S/C9H12N4O3/c1-5-3-2-4-12-7(5)8(13(15)16)6(11-12)9(10)14/h5H,2-4H2,1H3,(H2,10,14). The van der Waals surface area contributed by atoms with E-state index in [9.17, 15) is 14.9 Å². The van der Waals surface area contributed by atoms with Gasteiger partial charge in [-0.3, -0.25) is 19.6 Å². The fraction of sp³-hybridized carbons (Fsp3) is 0.556. The molecular weight excluding hydrogens is 212 g/mol. The predicted octanol–water partition coefficient (Wildman–Crippen LogP) is 0.788. The largest absolute Gasteiger partial charge is 0.364 e. The molecule has 1 amide bonds. The summed E-state index contributed by atoms with van der Waals surface area (Å²) in [5.74, 6) is -0.810. The van der Waals surface area contributed by atoms with E-state index in [4.69, 9.17) is 5.73 Å². The van der Waals surface area contributed by atoms with E-state index in [-0.39, 0.29) is 17.3 Å². The molecule has 86 valence electrons. The van der Waals surface area contributed by atoms with Crippen molar-refractivity contribution in [2.75, 3.05) is 0 Å². The molecule has 1 aliphatic rings. The van der Waals surface area contributed by atoms with Gasteiger partial charge < -0.3 is 5.73 Å². The number of fused-ring (bicyclic) bond motifs is 1. The fourth-order valence-corrected chi connectivity index (χ4v) is 2.15. The number of carbonyl (C=O) groups excluding carboxylic acids is 1. The summed E-state index contributed by atoms with van der Waals surface area (Å²) in [6.07, 6.45) is 1.77. The number of aryl methyl sites for hydroxylation is 1. The number of primary amides is 1. The molecule has 0 aromatic carbocycles. The molecule has 2 heterocycles. The van der Waals surface area contributed by atoms with Crippen molar-refractivity contribution in [3.05, 3.63) is 21.5 Å². The van der Waals surface area contributed by atoms with Gasteiger partial charge >= 0.3 is 5.69 Å². The SMILES string of the molecule is CC1CCCn2nc(C(N)=O)c([N+](=O)[O-])c21. The Morgan fingerprint density at radius 1 is 1.69 bits per heavy atom. The van der Waals surface area contributed by atoms with E-state index in [1.165, 1.54) is 4.68 Å². The molecule has 7 nitrogen and oxygen atoms in total. The van der Waals surface area contributed by atoms with Gasteiger partial charge in [0, 0.05) is 12.5 Å². The van der Waals surface area contributed by atoms with E-state index in [1.54, 1.807) is 0 Å². The first-order valence-electron chi connectivity index (χ1n) is 5.07. The van der Waals surface area contributed by atoms with Crippen LogP contribution in [0.1, 0.15) is 41.9 Å². The van der Waals surface area contributed by atoms with Gasteiger partial charge in [0.05, 0.1) is 4.92 Å². The van der Waals surface area contributed by atoms with Crippen molar-refractivity contribution in [1.82, 2.24) is 9.78 Å². The molecule has 0 saturated heterocycles. The summed E-state index contributed by atoms with van der Waals surface area (Å²) in [5.41, 5.74) is 5.16. The molecule has 16 heavy (non-hydrogen) atoms. The number of aromatic nitrogens is 2. The van der Waals surface area contributed by atoms with E-state index >= 15 is 0 Å². The third kappa shape index (κ3) is 1.44. The lowest BCUT2D eigenvalue weighted by Gasteiger charge is -2.18. The van der Waals surface area contributed by atoms with Gasteiger partial charge in [0.15, 0.2) is 0 Å². The van der Waals surface area contributed by atoms with Crippen LogP contribution in [0.2, 0.25) is 0 Å². The first-order chi connectivity index (χ1) is 7.52. The Morgan fingerprint density at radius 2 is 2.38 bits per heavy atom. The Labute approximate surface area is 91.4 Å². The van der Waals surface area contributed by atoms with Gasteiger partial charge in [0.1, 0.15) is 5.69 Å². The lowest BCUT2D eigenvalue weighted by molar-refractivity contribution is -0.386. The maximum atomic E-state index is 11.1. The van der Waals surface area contributed by atoms with Crippen molar-refractivity contribution < 1.29 is 9.72 Å². The van der Waals surface area contributed by atoms with Crippen molar-refractivity contribution in [3.63, 3.8) is 0 Å².